The minimum Gasteiger partial charge on any atom is -0.467 e. The summed E-state index contributed by atoms with van der Waals surface area (Å²) in [4.78, 5) is 14.5. The molecular formula is C17H20N2O2. The van der Waals surface area contributed by atoms with E-state index in [0.717, 1.165) is 31.7 Å². The summed E-state index contributed by atoms with van der Waals surface area (Å²) in [6.45, 7) is 2.34. The third-order valence-electron chi connectivity index (χ3n) is 4.00. The number of nitrogens with one attached hydrogen (secondary N) is 1. The standard InChI is InChI=1S/C17H20N2O2/c20-17(18-13-16-7-4-12-21-16)14-8-10-19(11-9-14)15-5-2-1-3-6-15/h1-7,12,14H,8-11,13H2,(H,18,20). The highest BCUT2D eigenvalue weighted by Gasteiger charge is 2.24. The van der Waals surface area contributed by atoms with E-state index in [-0.39, 0.29) is 11.8 Å². The highest BCUT2D eigenvalue weighted by molar-refractivity contribution is 5.78. The number of hydrogen-bond donors (Lipinski definition) is 1. The van der Waals surface area contributed by atoms with E-state index in [1.807, 2.05) is 18.2 Å². The van der Waals surface area contributed by atoms with Crippen LogP contribution in [0, 0.1) is 5.92 Å². The van der Waals surface area contributed by atoms with Gasteiger partial charge in [0.15, 0.2) is 0 Å². The summed E-state index contributed by atoms with van der Waals surface area (Å²) in [5.41, 5.74) is 1.24. The Morgan fingerprint density at radius 3 is 2.57 bits per heavy atom. The minimum absolute atomic E-state index is 0.111. The van der Waals surface area contributed by atoms with E-state index in [1.165, 1.54) is 5.69 Å². The van der Waals surface area contributed by atoms with Crippen molar-refractivity contribution >= 4 is 11.6 Å². The lowest BCUT2D eigenvalue weighted by molar-refractivity contribution is -0.125. The van der Waals surface area contributed by atoms with Gasteiger partial charge in [-0.25, -0.2) is 0 Å². The SMILES string of the molecule is O=C(NCc1ccco1)C1CCN(c2ccccc2)CC1. The molecule has 1 amide bonds. The molecule has 0 bridgehead atoms. The number of carbonyl (C=O) groups is 1. The van der Waals surface area contributed by atoms with Gasteiger partial charge in [-0.3, -0.25) is 4.79 Å². The van der Waals surface area contributed by atoms with Crippen LogP contribution < -0.4 is 10.2 Å². The number of amides is 1. The predicted molar refractivity (Wildman–Crippen MR) is 81.9 cm³/mol. The highest BCUT2D eigenvalue weighted by Crippen LogP contribution is 2.23. The number of benzene rings is 1. The Balaban J connectivity index is 1.48. The van der Waals surface area contributed by atoms with E-state index in [9.17, 15) is 4.79 Å². The summed E-state index contributed by atoms with van der Waals surface area (Å²) in [5.74, 6) is 1.05. The lowest BCUT2D eigenvalue weighted by Crippen LogP contribution is -2.40. The van der Waals surface area contributed by atoms with Crippen LogP contribution in [0.3, 0.4) is 0 Å². The van der Waals surface area contributed by atoms with Crippen molar-refractivity contribution in [1.82, 2.24) is 5.32 Å². The summed E-state index contributed by atoms with van der Waals surface area (Å²) in [5, 5.41) is 2.96. The maximum absolute atomic E-state index is 12.2. The summed E-state index contributed by atoms with van der Waals surface area (Å²) < 4.78 is 5.22. The molecule has 110 valence electrons. The molecule has 2 heterocycles. The molecule has 0 unspecified atom stereocenters. The molecule has 0 atom stereocenters. The molecule has 0 saturated carbocycles. The van der Waals surface area contributed by atoms with Crippen molar-refractivity contribution in [1.29, 1.82) is 0 Å². The lowest BCUT2D eigenvalue weighted by atomic mass is 9.95. The molecule has 0 radical (unpaired) electrons. The molecule has 21 heavy (non-hydrogen) atoms. The number of hydrogen-bond acceptors (Lipinski definition) is 3. The van der Waals surface area contributed by atoms with Gasteiger partial charge in [0.1, 0.15) is 5.76 Å². The van der Waals surface area contributed by atoms with Gasteiger partial charge in [-0.05, 0) is 37.1 Å². The Labute approximate surface area is 124 Å². The second-order valence-corrected chi connectivity index (χ2v) is 5.39. The lowest BCUT2D eigenvalue weighted by Gasteiger charge is -2.32. The zero-order valence-electron chi connectivity index (χ0n) is 12.0. The first-order chi connectivity index (χ1) is 10.3. The first-order valence-corrected chi connectivity index (χ1v) is 7.43. The van der Waals surface area contributed by atoms with Crippen molar-refractivity contribution in [2.75, 3.05) is 18.0 Å². The fraction of sp³-hybridized carbons (Fsp3) is 0.353. The van der Waals surface area contributed by atoms with Gasteiger partial charge in [0.25, 0.3) is 0 Å². The Bertz CT molecular complexity index is 558. The number of nitrogens with zero attached hydrogens (tertiary/aromatic N) is 1. The molecule has 1 aliphatic heterocycles. The number of carbonyl (C=O) groups excluding carboxylic acids is 1. The first-order valence-electron chi connectivity index (χ1n) is 7.43. The fourth-order valence-electron chi connectivity index (χ4n) is 2.77. The van der Waals surface area contributed by atoms with Gasteiger partial charge < -0.3 is 14.6 Å². The van der Waals surface area contributed by atoms with E-state index < -0.39 is 0 Å². The Kier molecular flexibility index (Phi) is 4.24. The van der Waals surface area contributed by atoms with Crippen molar-refractivity contribution < 1.29 is 9.21 Å². The molecule has 1 N–H and O–H groups in total. The molecule has 3 rings (SSSR count). The first kappa shape index (κ1) is 13.7. The molecule has 0 aliphatic carbocycles. The van der Waals surface area contributed by atoms with E-state index in [2.05, 4.69) is 34.5 Å². The van der Waals surface area contributed by atoms with Gasteiger partial charge in [-0.2, -0.15) is 0 Å². The maximum Gasteiger partial charge on any atom is 0.223 e. The molecule has 1 aromatic carbocycles. The van der Waals surface area contributed by atoms with Crippen molar-refractivity contribution in [3.63, 3.8) is 0 Å². The van der Waals surface area contributed by atoms with E-state index in [1.54, 1.807) is 6.26 Å². The van der Waals surface area contributed by atoms with Gasteiger partial charge in [0.05, 0.1) is 12.8 Å². The average Bonchev–Trinajstić information content (AvgIpc) is 3.07. The van der Waals surface area contributed by atoms with Crippen molar-refractivity contribution in [3.8, 4) is 0 Å². The van der Waals surface area contributed by atoms with Gasteiger partial charge in [0, 0.05) is 24.7 Å². The van der Waals surface area contributed by atoms with Gasteiger partial charge in [-0.15, -0.1) is 0 Å². The van der Waals surface area contributed by atoms with Crippen molar-refractivity contribution in [3.05, 3.63) is 54.5 Å². The third-order valence-corrected chi connectivity index (χ3v) is 4.00. The van der Waals surface area contributed by atoms with Crippen LogP contribution in [0.2, 0.25) is 0 Å². The highest BCUT2D eigenvalue weighted by atomic mass is 16.3. The monoisotopic (exact) mass is 284 g/mol. The number of furan rings is 1. The number of piperidine rings is 1. The van der Waals surface area contributed by atoms with Crippen LogP contribution in [0.1, 0.15) is 18.6 Å². The number of anilines is 1. The maximum atomic E-state index is 12.2. The van der Waals surface area contributed by atoms with Crippen LogP contribution in [0.25, 0.3) is 0 Å². The van der Waals surface area contributed by atoms with Crippen molar-refractivity contribution in [2.45, 2.75) is 19.4 Å². The van der Waals surface area contributed by atoms with E-state index in [0.29, 0.717) is 6.54 Å². The average molecular weight is 284 g/mol. The van der Waals surface area contributed by atoms with Gasteiger partial charge in [0.2, 0.25) is 5.91 Å². The zero-order chi connectivity index (χ0) is 14.5. The Hall–Kier alpha value is -2.23. The second-order valence-electron chi connectivity index (χ2n) is 5.39. The summed E-state index contributed by atoms with van der Waals surface area (Å²) in [6, 6.07) is 14.1. The summed E-state index contributed by atoms with van der Waals surface area (Å²) in [7, 11) is 0. The Morgan fingerprint density at radius 1 is 1.14 bits per heavy atom. The van der Waals surface area contributed by atoms with Crippen LogP contribution in [-0.4, -0.2) is 19.0 Å². The number of rotatable bonds is 4. The quantitative estimate of drug-likeness (QED) is 0.939. The second kappa shape index (κ2) is 6.48. The van der Waals surface area contributed by atoms with Gasteiger partial charge >= 0.3 is 0 Å². The molecular weight excluding hydrogens is 264 g/mol. The van der Waals surface area contributed by atoms with Gasteiger partial charge in [-0.1, -0.05) is 18.2 Å². The zero-order valence-corrected chi connectivity index (χ0v) is 12.0. The molecule has 1 aromatic heterocycles. The molecule has 4 heteroatoms. The van der Waals surface area contributed by atoms with Crippen LogP contribution in [-0.2, 0) is 11.3 Å². The molecule has 2 aromatic rings. The van der Waals surface area contributed by atoms with Crippen LogP contribution >= 0.6 is 0 Å². The minimum atomic E-state index is 0.111. The third kappa shape index (κ3) is 3.45. The summed E-state index contributed by atoms with van der Waals surface area (Å²) >= 11 is 0. The normalized spacial score (nSPS) is 15.9. The van der Waals surface area contributed by atoms with Crippen molar-refractivity contribution in [2.24, 2.45) is 5.92 Å². The predicted octanol–water partition coefficient (Wildman–Crippen LogP) is 2.81. The molecule has 0 spiro atoms. The van der Waals surface area contributed by atoms with E-state index >= 15 is 0 Å². The number of para-hydroxylation sites is 1. The molecule has 1 saturated heterocycles. The molecule has 1 fully saturated rings. The van der Waals surface area contributed by atoms with Crippen LogP contribution in [0.4, 0.5) is 5.69 Å². The largest absolute Gasteiger partial charge is 0.467 e. The smallest absolute Gasteiger partial charge is 0.223 e. The topological polar surface area (TPSA) is 45.5 Å². The fourth-order valence-corrected chi connectivity index (χ4v) is 2.77. The van der Waals surface area contributed by atoms with Crippen LogP contribution in [0.15, 0.2) is 53.1 Å². The summed E-state index contributed by atoms with van der Waals surface area (Å²) in [6.07, 6.45) is 3.43. The van der Waals surface area contributed by atoms with E-state index in [4.69, 9.17) is 4.42 Å². The molecule has 4 nitrogen and oxygen atoms in total. The Morgan fingerprint density at radius 2 is 1.90 bits per heavy atom. The van der Waals surface area contributed by atoms with Crippen LogP contribution in [0.5, 0.6) is 0 Å². The molecule has 1 aliphatic rings.